The normalized spacial score (nSPS) is 10.4. The van der Waals surface area contributed by atoms with E-state index in [1.165, 1.54) is 6.33 Å². The summed E-state index contributed by atoms with van der Waals surface area (Å²) >= 11 is 0. The second-order valence-electron chi connectivity index (χ2n) is 2.74. The maximum atomic E-state index is 5.40. The number of hydrogen-bond donors (Lipinski definition) is 2. The topological polar surface area (TPSA) is 93.4 Å². The highest BCUT2D eigenvalue weighted by atomic mass is 15.2. The molecule has 6 heteroatoms. The summed E-state index contributed by atoms with van der Waals surface area (Å²) in [4.78, 5) is 12.1. The Morgan fingerprint density at radius 2 is 2.36 bits per heavy atom. The third-order valence-corrected chi connectivity index (χ3v) is 1.72. The van der Waals surface area contributed by atoms with Gasteiger partial charge in [-0.3, -0.25) is 5.10 Å². The van der Waals surface area contributed by atoms with Crippen molar-refractivity contribution in [2.24, 2.45) is 5.73 Å². The van der Waals surface area contributed by atoms with Crippen LogP contribution in [0.15, 0.2) is 18.6 Å². The number of aromatic amines is 1. The van der Waals surface area contributed by atoms with E-state index in [2.05, 4.69) is 25.1 Å². The molecule has 72 valence electrons. The van der Waals surface area contributed by atoms with Crippen LogP contribution in [0.2, 0.25) is 0 Å². The van der Waals surface area contributed by atoms with Crippen molar-refractivity contribution in [1.82, 2.24) is 25.1 Å². The number of hydrogen-bond acceptors (Lipinski definition) is 5. The Labute approximate surface area is 80.6 Å². The second kappa shape index (κ2) is 3.93. The first-order valence-corrected chi connectivity index (χ1v) is 4.28. The van der Waals surface area contributed by atoms with Crippen LogP contribution in [-0.2, 0) is 6.42 Å². The summed E-state index contributed by atoms with van der Waals surface area (Å²) < 4.78 is 0. The first-order valence-electron chi connectivity index (χ1n) is 4.28. The molecule has 0 saturated carbocycles. The predicted molar refractivity (Wildman–Crippen MR) is 50.2 cm³/mol. The number of nitrogens with one attached hydrogen (secondary N) is 1. The van der Waals surface area contributed by atoms with E-state index in [4.69, 9.17) is 5.73 Å². The standard InChI is InChI=1S/C8H10N6/c9-3-1-7-12-8(14-13-7)6-2-4-10-5-11-6/h2,4-5H,1,3,9H2,(H,12,13,14). The van der Waals surface area contributed by atoms with Crippen LogP contribution >= 0.6 is 0 Å². The third-order valence-electron chi connectivity index (χ3n) is 1.72. The molecular weight excluding hydrogens is 180 g/mol. The van der Waals surface area contributed by atoms with Crippen LogP contribution in [0.4, 0.5) is 0 Å². The summed E-state index contributed by atoms with van der Waals surface area (Å²) in [7, 11) is 0. The molecule has 0 unspecified atom stereocenters. The average Bonchev–Trinajstić information content (AvgIpc) is 2.68. The second-order valence-corrected chi connectivity index (χ2v) is 2.74. The van der Waals surface area contributed by atoms with E-state index in [0.29, 0.717) is 24.5 Å². The van der Waals surface area contributed by atoms with Crippen molar-refractivity contribution >= 4 is 0 Å². The summed E-state index contributed by atoms with van der Waals surface area (Å²) in [6, 6.07) is 1.76. The molecule has 2 aromatic rings. The lowest BCUT2D eigenvalue weighted by Gasteiger charge is -1.90. The molecule has 2 heterocycles. The van der Waals surface area contributed by atoms with Crippen LogP contribution in [0.5, 0.6) is 0 Å². The van der Waals surface area contributed by atoms with Gasteiger partial charge in [-0.15, -0.1) is 0 Å². The van der Waals surface area contributed by atoms with Crippen LogP contribution in [0.3, 0.4) is 0 Å². The molecule has 2 rings (SSSR count). The third kappa shape index (κ3) is 1.74. The first-order chi connectivity index (χ1) is 6.90. The number of nitrogens with two attached hydrogens (primary N) is 1. The van der Waals surface area contributed by atoms with E-state index < -0.39 is 0 Å². The molecule has 3 N–H and O–H groups in total. The molecule has 0 aliphatic rings. The number of aromatic nitrogens is 5. The fourth-order valence-electron chi connectivity index (χ4n) is 1.08. The summed E-state index contributed by atoms with van der Waals surface area (Å²) in [6.45, 7) is 0.554. The molecule has 0 aliphatic carbocycles. The van der Waals surface area contributed by atoms with Crippen molar-refractivity contribution in [3.05, 3.63) is 24.4 Å². The minimum Gasteiger partial charge on any atom is -0.330 e. The van der Waals surface area contributed by atoms with Gasteiger partial charge in [-0.25, -0.2) is 15.0 Å². The summed E-state index contributed by atoms with van der Waals surface area (Å²) in [5.41, 5.74) is 6.10. The van der Waals surface area contributed by atoms with Crippen LogP contribution < -0.4 is 5.73 Å². The van der Waals surface area contributed by atoms with Gasteiger partial charge in [0, 0.05) is 12.6 Å². The summed E-state index contributed by atoms with van der Waals surface area (Å²) in [6.07, 6.45) is 3.81. The van der Waals surface area contributed by atoms with E-state index in [0.717, 1.165) is 5.82 Å². The highest BCUT2D eigenvalue weighted by molar-refractivity contribution is 5.46. The van der Waals surface area contributed by atoms with Crippen molar-refractivity contribution in [3.63, 3.8) is 0 Å². The van der Waals surface area contributed by atoms with Crippen LogP contribution in [0.1, 0.15) is 5.82 Å². The minimum absolute atomic E-state index is 0.554. The first kappa shape index (κ1) is 8.76. The van der Waals surface area contributed by atoms with Crippen molar-refractivity contribution in [2.75, 3.05) is 6.54 Å². The van der Waals surface area contributed by atoms with Gasteiger partial charge in [0.1, 0.15) is 17.8 Å². The molecule has 0 atom stereocenters. The number of nitrogens with zero attached hydrogens (tertiary/aromatic N) is 4. The van der Waals surface area contributed by atoms with E-state index in [1.54, 1.807) is 12.3 Å². The van der Waals surface area contributed by atoms with Gasteiger partial charge in [-0.05, 0) is 12.6 Å². The Bertz CT molecular complexity index is 395. The zero-order valence-corrected chi connectivity index (χ0v) is 7.51. The maximum absolute atomic E-state index is 5.40. The van der Waals surface area contributed by atoms with Crippen LogP contribution in [0, 0.1) is 0 Å². The molecule has 6 nitrogen and oxygen atoms in total. The quantitative estimate of drug-likeness (QED) is 0.696. The molecule has 0 radical (unpaired) electrons. The van der Waals surface area contributed by atoms with Crippen molar-refractivity contribution < 1.29 is 0 Å². The summed E-state index contributed by atoms with van der Waals surface area (Å²) in [5.74, 6) is 1.36. The number of H-pyrrole nitrogens is 1. The molecule has 0 bridgehead atoms. The van der Waals surface area contributed by atoms with E-state index in [1.807, 2.05) is 0 Å². The Morgan fingerprint density at radius 3 is 3.07 bits per heavy atom. The Morgan fingerprint density at radius 1 is 1.43 bits per heavy atom. The number of rotatable bonds is 3. The fourth-order valence-corrected chi connectivity index (χ4v) is 1.08. The highest BCUT2D eigenvalue weighted by Crippen LogP contribution is 2.08. The van der Waals surface area contributed by atoms with E-state index >= 15 is 0 Å². The molecule has 0 saturated heterocycles. The van der Waals surface area contributed by atoms with E-state index in [-0.39, 0.29) is 0 Å². The largest absolute Gasteiger partial charge is 0.330 e. The minimum atomic E-state index is 0.554. The van der Waals surface area contributed by atoms with Crippen molar-refractivity contribution in [2.45, 2.75) is 6.42 Å². The van der Waals surface area contributed by atoms with Gasteiger partial charge in [-0.2, -0.15) is 5.10 Å². The fraction of sp³-hybridized carbons (Fsp3) is 0.250. The molecular formula is C8H10N6. The summed E-state index contributed by atoms with van der Waals surface area (Å²) in [5, 5.41) is 6.83. The molecule has 0 aromatic carbocycles. The van der Waals surface area contributed by atoms with Gasteiger partial charge in [0.15, 0.2) is 5.82 Å². The van der Waals surface area contributed by atoms with E-state index in [9.17, 15) is 0 Å². The molecule has 14 heavy (non-hydrogen) atoms. The predicted octanol–water partition coefficient (Wildman–Crippen LogP) is -0.237. The lowest BCUT2D eigenvalue weighted by molar-refractivity contribution is 0.874. The smallest absolute Gasteiger partial charge is 0.199 e. The van der Waals surface area contributed by atoms with Crippen molar-refractivity contribution in [1.29, 1.82) is 0 Å². The Hall–Kier alpha value is -1.82. The molecule has 0 aliphatic heterocycles. The van der Waals surface area contributed by atoms with Crippen LogP contribution in [-0.4, -0.2) is 31.7 Å². The zero-order chi connectivity index (χ0) is 9.80. The monoisotopic (exact) mass is 190 g/mol. The molecule has 2 aromatic heterocycles. The van der Waals surface area contributed by atoms with Gasteiger partial charge in [0.25, 0.3) is 0 Å². The van der Waals surface area contributed by atoms with Crippen LogP contribution in [0.25, 0.3) is 11.5 Å². The van der Waals surface area contributed by atoms with Gasteiger partial charge < -0.3 is 5.73 Å². The van der Waals surface area contributed by atoms with Gasteiger partial charge in [0.05, 0.1) is 0 Å². The van der Waals surface area contributed by atoms with Gasteiger partial charge >= 0.3 is 0 Å². The Kier molecular flexibility index (Phi) is 2.46. The van der Waals surface area contributed by atoms with Gasteiger partial charge in [0.2, 0.25) is 0 Å². The average molecular weight is 190 g/mol. The maximum Gasteiger partial charge on any atom is 0.199 e. The molecule has 0 fully saturated rings. The molecule has 0 amide bonds. The molecule has 0 spiro atoms. The SMILES string of the molecule is NCCc1nc(-c2ccncn2)n[nH]1. The lowest BCUT2D eigenvalue weighted by atomic mass is 10.4. The van der Waals surface area contributed by atoms with Gasteiger partial charge in [-0.1, -0.05) is 0 Å². The van der Waals surface area contributed by atoms with Crippen molar-refractivity contribution in [3.8, 4) is 11.5 Å². The lowest BCUT2D eigenvalue weighted by Crippen LogP contribution is -2.03. The Balaban J connectivity index is 2.25. The highest BCUT2D eigenvalue weighted by Gasteiger charge is 2.05. The zero-order valence-electron chi connectivity index (χ0n) is 7.51.